The van der Waals surface area contributed by atoms with Gasteiger partial charge in [-0.3, -0.25) is 9.69 Å². The predicted octanol–water partition coefficient (Wildman–Crippen LogP) is 1.61. The maximum absolute atomic E-state index is 12.3. The summed E-state index contributed by atoms with van der Waals surface area (Å²) in [6.45, 7) is 5.17. The van der Waals surface area contributed by atoms with Gasteiger partial charge in [0.1, 0.15) is 11.6 Å². The van der Waals surface area contributed by atoms with Gasteiger partial charge in [0.25, 0.3) is 0 Å². The summed E-state index contributed by atoms with van der Waals surface area (Å²) < 4.78 is 7.26. The number of pyridine rings is 1. The second-order valence-electron chi connectivity index (χ2n) is 6.70. The number of morpholine rings is 1. The van der Waals surface area contributed by atoms with Crippen molar-refractivity contribution in [2.24, 2.45) is 7.05 Å². The molecule has 1 amide bonds. The number of rotatable bonds is 4. The van der Waals surface area contributed by atoms with Crippen LogP contribution in [0.5, 0.6) is 0 Å². The molecule has 0 radical (unpaired) electrons. The number of benzene rings is 1. The van der Waals surface area contributed by atoms with Gasteiger partial charge in [-0.15, -0.1) is 10.2 Å². The van der Waals surface area contributed by atoms with Crippen molar-refractivity contribution >= 4 is 22.5 Å². The van der Waals surface area contributed by atoms with Crippen molar-refractivity contribution in [2.75, 3.05) is 38.2 Å². The summed E-state index contributed by atoms with van der Waals surface area (Å²) >= 11 is 0. The lowest BCUT2D eigenvalue weighted by molar-refractivity contribution is -0.118. The number of carbonyl (C=O) groups is 1. The molecule has 1 aliphatic heterocycles. The molecule has 140 valence electrons. The van der Waals surface area contributed by atoms with Crippen LogP contribution in [0.3, 0.4) is 0 Å². The van der Waals surface area contributed by atoms with E-state index in [4.69, 9.17) is 4.74 Å². The summed E-state index contributed by atoms with van der Waals surface area (Å²) in [6, 6.07) is 7.93. The summed E-state index contributed by atoms with van der Waals surface area (Å²) in [7, 11) is 1.94. The maximum Gasteiger partial charge on any atom is 0.239 e. The van der Waals surface area contributed by atoms with Gasteiger partial charge in [0.05, 0.1) is 19.8 Å². The molecule has 2 aromatic heterocycles. The quantitative estimate of drug-likeness (QED) is 0.755. The normalized spacial score (nSPS) is 15.2. The molecular weight excluding hydrogens is 344 g/mol. The molecule has 8 heteroatoms. The van der Waals surface area contributed by atoms with Crippen molar-refractivity contribution in [3.8, 4) is 11.4 Å². The fraction of sp³-hybridized carbons (Fsp3) is 0.368. The fourth-order valence-electron chi connectivity index (χ4n) is 3.15. The number of nitrogens with one attached hydrogen (secondary N) is 1. The minimum Gasteiger partial charge on any atom is -0.379 e. The third-order valence-corrected chi connectivity index (χ3v) is 4.81. The van der Waals surface area contributed by atoms with Crippen LogP contribution in [0.25, 0.3) is 22.2 Å². The van der Waals surface area contributed by atoms with E-state index in [2.05, 4.69) is 25.4 Å². The number of hydrogen-bond donors (Lipinski definition) is 1. The second kappa shape index (κ2) is 7.42. The molecule has 0 unspecified atom stereocenters. The zero-order valence-corrected chi connectivity index (χ0v) is 15.5. The number of anilines is 1. The Hall–Kier alpha value is -2.84. The van der Waals surface area contributed by atoms with E-state index in [1.807, 2.05) is 42.8 Å². The van der Waals surface area contributed by atoms with Gasteiger partial charge in [0, 0.05) is 37.3 Å². The standard InChI is InChI=1S/C19H22N6O2/c1-13-22-23-19(24(13)2)14-3-4-15-11-20-17(10-16(15)9-14)21-18(26)12-25-5-7-27-8-6-25/h3-4,9-11H,5-8,12H2,1-2H3,(H,20,21,26). The van der Waals surface area contributed by atoms with E-state index >= 15 is 0 Å². The van der Waals surface area contributed by atoms with E-state index in [1.54, 1.807) is 6.20 Å². The Kier molecular flexibility index (Phi) is 4.83. The van der Waals surface area contributed by atoms with Crippen molar-refractivity contribution in [2.45, 2.75) is 6.92 Å². The number of ether oxygens (including phenoxy) is 1. The number of amides is 1. The molecule has 8 nitrogen and oxygen atoms in total. The highest BCUT2D eigenvalue weighted by molar-refractivity contribution is 5.94. The molecule has 1 saturated heterocycles. The first-order valence-electron chi connectivity index (χ1n) is 8.96. The first-order chi connectivity index (χ1) is 13.1. The lowest BCUT2D eigenvalue weighted by atomic mass is 10.1. The second-order valence-corrected chi connectivity index (χ2v) is 6.70. The molecular formula is C19H22N6O2. The fourth-order valence-corrected chi connectivity index (χ4v) is 3.15. The van der Waals surface area contributed by atoms with Crippen LogP contribution in [0.15, 0.2) is 30.5 Å². The average molecular weight is 366 g/mol. The predicted molar refractivity (Wildman–Crippen MR) is 102 cm³/mol. The highest BCUT2D eigenvalue weighted by Crippen LogP contribution is 2.24. The van der Waals surface area contributed by atoms with E-state index in [1.165, 1.54) is 0 Å². The van der Waals surface area contributed by atoms with Crippen molar-refractivity contribution in [3.05, 3.63) is 36.3 Å². The molecule has 0 atom stereocenters. The molecule has 3 aromatic rings. The van der Waals surface area contributed by atoms with Gasteiger partial charge in [-0.05, 0) is 24.4 Å². The lowest BCUT2D eigenvalue weighted by Gasteiger charge is -2.25. The Morgan fingerprint density at radius 2 is 2.00 bits per heavy atom. The van der Waals surface area contributed by atoms with Gasteiger partial charge in [0.15, 0.2) is 5.82 Å². The van der Waals surface area contributed by atoms with Gasteiger partial charge >= 0.3 is 0 Å². The Morgan fingerprint density at radius 1 is 1.19 bits per heavy atom. The monoisotopic (exact) mass is 366 g/mol. The molecule has 0 spiro atoms. The smallest absolute Gasteiger partial charge is 0.239 e. The molecule has 0 aliphatic carbocycles. The van der Waals surface area contributed by atoms with Crippen LogP contribution >= 0.6 is 0 Å². The highest BCUT2D eigenvalue weighted by Gasteiger charge is 2.15. The van der Waals surface area contributed by atoms with Crippen molar-refractivity contribution in [1.82, 2.24) is 24.6 Å². The van der Waals surface area contributed by atoms with E-state index in [0.29, 0.717) is 25.6 Å². The number of aromatic nitrogens is 4. The summed E-state index contributed by atoms with van der Waals surface area (Å²) in [5.41, 5.74) is 0.974. The van der Waals surface area contributed by atoms with Crippen molar-refractivity contribution in [3.63, 3.8) is 0 Å². The zero-order valence-electron chi connectivity index (χ0n) is 15.5. The Balaban J connectivity index is 1.53. The SMILES string of the molecule is Cc1nnc(-c2ccc3cnc(NC(=O)CN4CCOCC4)cc3c2)n1C. The first kappa shape index (κ1) is 17.6. The first-order valence-corrected chi connectivity index (χ1v) is 8.96. The van der Waals surface area contributed by atoms with Crippen LogP contribution < -0.4 is 5.32 Å². The number of aryl methyl sites for hydroxylation is 1. The number of nitrogens with zero attached hydrogens (tertiary/aromatic N) is 5. The molecule has 27 heavy (non-hydrogen) atoms. The minimum atomic E-state index is -0.0659. The van der Waals surface area contributed by atoms with Crippen LogP contribution in [-0.4, -0.2) is 63.4 Å². The number of carbonyl (C=O) groups excluding carboxylic acids is 1. The lowest BCUT2D eigenvalue weighted by Crippen LogP contribution is -2.41. The summed E-state index contributed by atoms with van der Waals surface area (Å²) in [5, 5.41) is 13.2. The molecule has 1 N–H and O–H groups in total. The number of hydrogen-bond acceptors (Lipinski definition) is 6. The van der Waals surface area contributed by atoms with Crippen molar-refractivity contribution in [1.29, 1.82) is 0 Å². The molecule has 1 fully saturated rings. The van der Waals surface area contributed by atoms with Crippen LogP contribution in [0.2, 0.25) is 0 Å². The van der Waals surface area contributed by atoms with E-state index in [-0.39, 0.29) is 5.91 Å². The number of fused-ring (bicyclic) bond motifs is 1. The van der Waals surface area contributed by atoms with E-state index < -0.39 is 0 Å². The molecule has 1 aromatic carbocycles. The molecule has 1 aliphatic rings. The Morgan fingerprint density at radius 3 is 2.74 bits per heavy atom. The highest BCUT2D eigenvalue weighted by atomic mass is 16.5. The Labute approximate surface area is 157 Å². The minimum absolute atomic E-state index is 0.0659. The Bertz CT molecular complexity index is 977. The topological polar surface area (TPSA) is 85.2 Å². The maximum atomic E-state index is 12.3. The average Bonchev–Trinajstić information content (AvgIpc) is 3.01. The van der Waals surface area contributed by atoms with Gasteiger partial charge in [-0.25, -0.2) is 4.98 Å². The summed E-state index contributed by atoms with van der Waals surface area (Å²) in [6.07, 6.45) is 1.77. The third-order valence-electron chi connectivity index (χ3n) is 4.81. The van der Waals surface area contributed by atoms with Crippen molar-refractivity contribution < 1.29 is 9.53 Å². The third kappa shape index (κ3) is 3.81. The molecule has 0 bridgehead atoms. The van der Waals surface area contributed by atoms with Gasteiger partial charge in [0.2, 0.25) is 5.91 Å². The van der Waals surface area contributed by atoms with Gasteiger partial charge < -0.3 is 14.6 Å². The molecule has 3 heterocycles. The molecule has 0 saturated carbocycles. The largest absolute Gasteiger partial charge is 0.379 e. The van der Waals surface area contributed by atoms with Crippen LogP contribution in [0.1, 0.15) is 5.82 Å². The van der Waals surface area contributed by atoms with Crippen LogP contribution in [0, 0.1) is 6.92 Å². The van der Waals surface area contributed by atoms with E-state index in [0.717, 1.165) is 41.1 Å². The van der Waals surface area contributed by atoms with Crippen LogP contribution in [0.4, 0.5) is 5.82 Å². The van der Waals surface area contributed by atoms with Gasteiger partial charge in [-0.2, -0.15) is 0 Å². The van der Waals surface area contributed by atoms with Gasteiger partial charge in [-0.1, -0.05) is 12.1 Å². The summed E-state index contributed by atoms with van der Waals surface area (Å²) in [5.74, 6) is 2.15. The van der Waals surface area contributed by atoms with Crippen LogP contribution in [-0.2, 0) is 16.6 Å². The molecule has 4 rings (SSSR count). The van der Waals surface area contributed by atoms with E-state index in [9.17, 15) is 4.79 Å². The zero-order chi connectivity index (χ0) is 18.8. The summed E-state index contributed by atoms with van der Waals surface area (Å²) in [4.78, 5) is 18.7.